The summed E-state index contributed by atoms with van der Waals surface area (Å²) in [5.41, 5.74) is 1.49. The van der Waals surface area contributed by atoms with Crippen LogP contribution in [0.25, 0.3) is 10.1 Å². The number of hydrogen-bond donors (Lipinski definition) is 1. The minimum atomic E-state index is 0.696. The van der Waals surface area contributed by atoms with Crippen molar-refractivity contribution in [1.29, 1.82) is 0 Å². The van der Waals surface area contributed by atoms with Crippen LogP contribution in [0.15, 0.2) is 23.6 Å². The molecule has 1 aromatic carbocycles. The zero-order valence-electron chi connectivity index (χ0n) is 10.0. The van der Waals surface area contributed by atoms with Crippen molar-refractivity contribution in [3.8, 4) is 5.75 Å². The molecule has 90 valence electrons. The molecule has 3 heteroatoms. The van der Waals surface area contributed by atoms with Crippen molar-refractivity contribution in [2.75, 3.05) is 20.2 Å². The van der Waals surface area contributed by atoms with Crippen LogP contribution in [0, 0.1) is 0 Å². The van der Waals surface area contributed by atoms with Crippen molar-refractivity contribution in [3.63, 3.8) is 0 Å². The number of piperidine rings is 1. The summed E-state index contributed by atoms with van der Waals surface area (Å²) < 4.78 is 6.85. The first-order valence-corrected chi connectivity index (χ1v) is 7.03. The van der Waals surface area contributed by atoms with Crippen molar-refractivity contribution in [3.05, 3.63) is 29.1 Å². The summed E-state index contributed by atoms with van der Waals surface area (Å²) in [5, 5.41) is 7.09. The van der Waals surface area contributed by atoms with E-state index in [0.29, 0.717) is 5.92 Å². The van der Waals surface area contributed by atoms with Crippen molar-refractivity contribution in [1.82, 2.24) is 5.32 Å². The first-order chi connectivity index (χ1) is 8.40. The highest BCUT2D eigenvalue weighted by Crippen LogP contribution is 2.40. The van der Waals surface area contributed by atoms with E-state index in [1.807, 2.05) is 11.3 Å². The molecule has 1 saturated heterocycles. The van der Waals surface area contributed by atoms with Gasteiger partial charge in [-0.25, -0.2) is 0 Å². The lowest BCUT2D eigenvalue weighted by Gasteiger charge is -2.22. The van der Waals surface area contributed by atoms with Crippen LogP contribution < -0.4 is 10.1 Å². The first-order valence-electron chi connectivity index (χ1n) is 6.15. The Hall–Kier alpha value is -1.06. The van der Waals surface area contributed by atoms with Crippen molar-refractivity contribution in [2.24, 2.45) is 0 Å². The zero-order chi connectivity index (χ0) is 11.7. The molecule has 0 aliphatic carbocycles. The SMILES string of the molecule is COc1cccc2scc(C3CCNCC3)c12. The zero-order valence-corrected chi connectivity index (χ0v) is 10.8. The van der Waals surface area contributed by atoms with Gasteiger partial charge in [-0.1, -0.05) is 6.07 Å². The highest BCUT2D eigenvalue weighted by atomic mass is 32.1. The number of benzene rings is 1. The van der Waals surface area contributed by atoms with E-state index in [-0.39, 0.29) is 0 Å². The number of fused-ring (bicyclic) bond motifs is 1. The Morgan fingerprint density at radius 1 is 1.29 bits per heavy atom. The van der Waals surface area contributed by atoms with E-state index in [1.54, 1.807) is 7.11 Å². The van der Waals surface area contributed by atoms with Gasteiger partial charge in [-0.3, -0.25) is 0 Å². The van der Waals surface area contributed by atoms with E-state index in [9.17, 15) is 0 Å². The van der Waals surface area contributed by atoms with E-state index in [4.69, 9.17) is 4.74 Å². The van der Waals surface area contributed by atoms with Gasteiger partial charge in [0, 0.05) is 10.1 Å². The molecule has 1 aromatic heterocycles. The highest BCUT2D eigenvalue weighted by molar-refractivity contribution is 7.17. The Morgan fingerprint density at radius 3 is 2.88 bits per heavy atom. The van der Waals surface area contributed by atoms with E-state index >= 15 is 0 Å². The van der Waals surface area contributed by atoms with Gasteiger partial charge in [-0.2, -0.15) is 0 Å². The van der Waals surface area contributed by atoms with Gasteiger partial charge in [0.15, 0.2) is 0 Å². The largest absolute Gasteiger partial charge is 0.496 e. The topological polar surface area (TPSA) is 21.3 Å². The summed E-state index contributed by atoms with van der Waals surface area (Å²) in [5.74, 6) is 1.72. The third-order valence-electron chi connectivity index (χ3n) is 3.59. The normalized spacial score (nSPS) is 17.5. The molecule has 17 heavy (non-hydrogen) atoms. The van der Waals surface area contributed by atoms with Crippen LogP contribution in [0.2, 0.25) is 0 Å². The Labute approximate surface area is 106 Å². The van der Waals surface area contributed by atoms with Crippen LogP contribution in [0.4, 0.5) is 0 Å². The van der Waals surface area contributed by atoms with Crippen LogP contribution >= 0.6 is 11.3 Å². The van der Waals surface area contributed by atoms with Gasteiger partial charge in [0.05, 0.1) is 7.11 Å². The average molecular weight is 247 g/mol. The summed E-state index contributed by atoms with van der Waals surface area (Å²) in [6.45, 7) is 2.27. The predicted octanol–water partition coefficient (Wildman–Crippen LogP) is 3.38. The minimum Gasteiger partial charge on any atom is -0.496 e. The van der Waals surface area contributed by atoms with Gasteiger partial charge in [-0.15, -0.1) is 11.3 Å². The number of rotatable bonds is 2. The Bertz CT molecular complexity index is 514. The van der Waals surface area contributed by atoms with E-state index < -0.39 is 0 Å². The number of ether oxygens (including phenoxy) is 1. The van der Waals surface area contributed by atoms with Gasteiger partial charge in [-0.05, 0) is 54.9 Å². The average Bonchev–Trinajstić information content (AvgIpc) is 2.83. The molecular weight excluding hydrogens is 230 g/mol. The minimum absolute atomic E-state index is 0.696. The summed E-state index contributed by atoms with van der Waals surface area (Å²) >= 11 is 1.84. The van der Waals surface area contributed by atoms with E-state index in [2.05, 4.69) is 28.9 Å². The molecule has 1 fully saturated rings. The van der Waals surface area contributed by atoms with E-state index in [0.717, 1.165) is 18.8 Å². The standard InChI is InChI=1S/C14H17NOS/c1-16-12-3-2-4-13-14(12)11(9-17-13)10-5-7-15-8-6-10/h2-4,9-10,15H,5-8H2,1H3. The molecule has 0 spiro atoms. The Morgan fingerprint density at radius 2 is 2.12 bits per heavy atom. The lowest BCUT2D eigenvalue weighted by molar-refractivity contribution is 0.418. The first kappa shape index (κ1) is 11.1. The fourth-order valence-electron chi connectivity index (χ4n) is 2.68. The monoisotopic (exact) mass is 247 g/mol. The maximum absolute atomic E-state index is 5.51. The van der Waals surface area contributed by atoms with Crippen LogP contribution in [-0.4, -0.2) is 20.2 Å². The lowest BCUT2D eigenvalue weighted by atomic mass is 9.90. The molecule has 3 rings (SSSR count). The van der Waals surface area contributed by atoms with Crippen LogP contribution in [-0.2, 0) is 0 Å². The Balaban J connectivity index is 2.09. The third kappa shape index (κ3) is 1.94. The second-order valence-electron chi connectivity index (χ2n) is 4.55. The molecule has 1 aliphatic heterocycles. The lowest BCUT2D eigenvalue weighted by Crippen LogP contribution is -2.26. The molecule has 0 bridgehead atoms. The third-order valence-corrected chi connectivity index (χ3v) is 4.55. The van der Waals surface area contributed by atoms with Crippen LogP contribution in [0.3, 0.4) is 0 Å². The number of thiophene rings is 1. The molecule has 1 aliphatic rings. The maximum atomic E-state index is 5.51. The molecule has 0 saturated carbocycles. The van der Waals surface area contributed by atoms with Gasteiger partial charge in [0.2, 0.25) is 0 Å². The molecular formula is C14H17NOS. The maximum Gasteiger partial charge on any atom is 0.127 e. The molecule has 0 atom stereocenters. The molecule has 0 amide bonds. The molecule has 0 unspecified atom stereocenters. The number of hydrogen-bond acceptors (Lipinski definition) is 3. The summed E-state index contributed by atoms with van der Waals surface area (Å²) in [7, 11) is 1.76. The van der Waals surface area contributed by atoms with Gasteiger partial charge in [0.25, 0.3) is 0 Å². The van der Waals surface area contributed by atoms with Gasteiger partial charge >= 0.3 is 0 Å². The van der Waals surface area contributed by atoms with Crippen molar-refractivity contribution in [2.45, 2.75) is 18.8 Å². The molecule has 2 aromatic rings. The van der Waals surface area contributed by atoms with Crippen LogP contribution in [0.5, 0.6) is 5.75 Å². The molecule has 2 heterocycles. The predicted molar refractivity (Wildman–Crippen MR) is 73.2 cm³/mol. The van der Waals surface area contributed by atoms with Crippen molar-refractivity contribution >= 4 is 21.4 Å². The highest BCUT2D eigenvalue weighted by Gasteiger charge is 2.20. The Kier molecular flexibility index (Phi) is 3.04. The van der Waals surface area contributed by atoms with Crippen molar-refractivity contribution < 1.29 is 4.74 Å². The number of nitrogens with one attached hydrogen (secondary N) is 1. The molecule has 2 nitrogen and oxygen atoms in total. The van der Waals surface area contributed by atoms with E-state index in [1.165, 1.54) is 28.5 Å². The smallest absolute Gasteiger partial charge is 0.127 e. The summed E-state index contributed by atoms with van der Waals surface area (Å²) in [4.78, 5) is 0. The fourth-order valence-corrected chi connectivity index (χ4v) is 3.74. The van der Waals surface area contributed by atoms with Gasteiger partial charge < -0.3 is 10.1 Å². The summed E-state index contributed by atoms with van der Waals surface area (Å²) in [6, 6.07) is 6.33. The van der Waals surface area contributed by atoms with Gasteiger partial charge in [0.1, 0.15) is 5.75 Å². The second kappa shape index (κ2) is 4.67. The van der Waals surface area contributed by atoms with Crippen LogP contribution in [0.1, 0.15) is 24.3 Å². The number of methoxy groups -OCH3 is 1. The fraction of sp³-hybridized carbons (Fsp3) is 0.429. The molecule has 1 N–H and O–H groups in total. The quantitative estimate of drug-likeness (QED) is 0.878. The second-order valence-corrected chi connectivity index (χ2v) is 5.46. The summed E-state index contributed by atoms with van der Waals surface area (Å²) in [6.07, 6.45) is 2.48. The molecule has 0 radical (unpaired) electrons.